The molecule has 4 rings (SSSR count). The van der Waals surface area contributed by atoms with Gasteiger partial charge >= 0.3 is 5.97 Å². The summed E-state index contributed by atoms with van der Waals surface area (Å²) < 4.78 is 17.8. The lowest BCUT2D eigenvalue weighted by Gasteiger charge is -2.11. The third-order valence-corrected chi connectivity index (χ3v) is 6.73. The molecule has 0 saturated carbocycles. The van der Waals surface area contributed by atoms with E-state index in [0.29, 0.717) is 23.7 Å². The number of halogens is 2. The number of ether oxygens (including phenoxy) is 2. The molecule has 1 aromatic heterocycles. The number of rotatable bonds is 7. The van der Waals surface area contributed by atoms with Gasteiger partial charge in [0.15, 0.2) is 0 Å². The Morgan fingerprint density at radius 1 is 1.06 bits per heavy atom. The van der Waals surface area contributed by atoms with Crippen LogP contribution in [-0.4, -0.2) is 29.1 Å². The second-order valence-corrected chi connectivity index (χ2v) is 9.95. The van der Waals surface area contributed by atoms with E-state index in [1.807, 2.05) is 36.4 Å². The Bertz CT molecular complexity index is 1280. The van der Waals surface area contributed by atoms with Gasteiger partial charge in [-0.1, -0.05) is 44.0 Å². The average molecular weight is 607 g/mol. The summed E-state index contributed by atoms with van der Waals surface area (Å²) in [6.07, 6.45) is 1.63. The van der Waals surface area contributed by atoms with Crippen LogP contribution in [0.2, 0.25) is 0 Å². The molecule has 0 N–H and O–H groups in total. The highest BCUT2D eigenvalue weighted by atomic mass is 79.9. The third kappa shape index (κ3) is 5.63. The largest absolute Gasteiger partial charge is 0.488 e. The molecule has 1 aliphatic rings. The van der Waals surface area contributed by atoms with Crippen molar-refractivity contribution in [3.8, 4) is 5.75 Å². The lowest BCUT2D eigenvalue weighted by Crippen LogP contribution is -2.27. The Balaban J connectivity index is 1.52. The number of methoxy groups -OCH3 is 1. The predicted molar refractivity (Wildman–Crippen MR) is 134 cm³/mol. The summed E-state index contributed by atoms with van der Waals surface area (Å²) in [4.78, 5) is 38.4. The molecule has 10 heteroatoms. The van der Waals surface area contributed by atoms with Crippen molar-refractivity contribution in [2.45, 2.75) is 13.2 Å². The summed E-state index contributed by atoms with van der Waals surface area (Å²) in [6, 6.07) is 16.2. The van der Waals surface area contributed by atoms with Crippen LogP contribution >= 0.6 is 43.6 Å². The van der Waals surface area contributed by atoms with E-state index in [1.54, 1.807) is 12.1 Å². The van der Waals surface area contributed by atoms with E-state index in [2.05, 4.69) is 36.6 Å². The average Bonchev–Trinajstić information content (AvgIpc) is 3.39. The summed E-state index contributed by atoms with van der Waals surface area (Å²) in [5.41, 5.74) is 1.64. The van der Waals surface area contributed by atoms with Gasteiger partial charge in [-0.15, -0.1) is 0 Å². The molecule has 2 aromatic carbocycles. The summed E-state index contributed by atoms with van der Waals surface area (Å²) in [5, 5.41) is -0.431. The molecule has 0 atom stereocenters. The lowest BCUT2D eigenvalue weighted by atomic mass is 10.1. The Morgan fingerprint density at radius 2 is 1.79 bits per heavy atom. The van der Waals surface area contributed by atoms with Crippen LogP contribution < -0.4 is 4.74 Å². The lowest BCUT2D eigenvalue weighted by molar-refractivity contribution is -0.123. The number of amides is 2. The van der Waals surface area contributed by atoms with Crippen LogP contribution in [0, 0.1) is 0 Å². The second kappa shape index (κ2) is 10.6. The van der Waals surface area contributed by atoms with Crippen LogP contribution in [0.4, 0.5) is 4.79 Å². The monoisotopic (exact) mass is 605 g/mol. The standard InChI is InChI=1S/C24H17Br2NO6S/c1-31-23(29)20-9-7-18(33-20)12-27-22(28)21(34-24(27)30)11-15-10-17(26)6-8-19(15)32-13-14-2-4-16(25)5-3-14/h2-11H,12-13H2,1H3/b21-11+. The third-order valence-electron chi connectivity index (χ3n) is 4.80. The van der Waals surface area contributed by atoms with Gasteiger partial charge in [0, 0.05) is 14.5 Å². The van der Waals surface area contributed by atoms with Crippen LogP contribution in [0.5, 0.6) is 5.75 Å². The first-order valence-electron chi connectivity index (χ1n) is 9.93. The Kier molecular flexibility index (Phi) is 7.60. The van der Waals surface area contributed by atoms with Gasteiger partial charge in [0.05, 0.1) is 18.6 Å². The fourth-order valence-electron chi connectivity index (χ4n) is 3.11. The van der Waals surface area contributed by atoms with Crippen LogP contribution in [0.25, 0.3) is 6.08 Å². The van der Waals surface area contributed by atoms with Crippen LogP contribution in [0.1, 0.15) is 27.4 Å². The number of furan rings is 1. The van der Waals surface area contributed by atoms with Gasteiger partial charge < -0.3 is 13.9 Å². The van der Waals surface area contributed by atoms with E-state index in [-0.39, 0.29) is 17.2 Å². The second-order valence-electron chi connectivity index (χ2n) is 7.12. The Labute approximate surface area is 216 Å². The van der Waals surface area contributed by atoms with E-state index in [9.17, 15) is 14.4 Å². The molecule has 3 aromatic rings. The van der Waals surface area contributed by atoms with Crippen molar-refractivity contribution < 1.29 is 28.3 Å². The number of benzene rings is 2. The molecule has 7 nitrogen and oxygen atoms in total. The Morgan fingerprint density at radius 3 is 2.53 bits per heavy atom. The molecule has 0 aliphatic carbocycles. The van der Waals surface area contributed by atoms with Crippen molar-refractivity contribution in [2.24, 2.45) is 0 Å². The van der Waals surface area contributed by atoms with Crippen molar-refractivity contribution in [3.05, 3.63) is 91.1 Å². The first-order valence-corrected chi connectivity index (χ1v) is 12.3. The molecule has 1 aliphatic heterocycles. The van der Waals surface area contributed by atoms with E-state index in [0.717, 1.165) is 31.2 Å². The number of hydrogen-bond donors (Lipinski definition) is 0. The number of hydrogen-bond acceptors (Lipinski definition) is 7. The minimum atomic E-state index is -0.634. The number of imide groups is 1. The van der Waals surface area contributed by atoms with Crippen molar-refractivity contribution in [2.75, 3.05) is 7.11 Å². The zero-order valence-corrected chi connectivity index (χ0v) is 21.7. The molecule has 1 saturated heterocycles. The SMILES string of the molecule is COC(=O)c1ccc(CN2C(=O)S/C(=C/c3cc(Br)ccc3OCc3ccc(Br)cc3)C2=O)o1. The number of thioether (sulfide) groups is 1. The maximum absolute atomic E-state index is 13.0. The summed E-state index contributed by atoms with van der Waals surface area (Å²) >= 11 is 7.69. The van der Waals surface area contributed by atoms with Crippen LogP contribution in [0.3, 0.4) is 0 Å². The molecular formula is C24H17Br2NO6S. The van der Waals surface area contributed by atoms with Gasteiger partial charge in [-0.2, -0.15) is 0 Å². The van der Waals surface area contributed by atoms with Crippen molar-refractivity contribution in [1.82, 2.24) is 4.90 Å². The fourth-order valence-corrected chi connectivity index (χ4v) is 4.58. The molecule has 174 valence electrons. The normalized spacial score (nSPS) is 14.7. The quantitative estimate of drug-likeness (QED) is 0.227. The van der Waals surface area contributed by atoms with Crippen molar-refractivity contribution >= 4 is 66.8 Å². The molecule has 2 amide bonds. The van der Waals surface area contributed by atoms with Gasteiger partial charge in [-0.3, -0.25) is 14.5 Å². The molecule has 0 bridgehead atoms. The summed E-state index contributed by atoms with van der Waals surface area (Å²) in [6.45, 7) is 0.253. The molecule has 2 heterocycles. The smallest absolute Gasteiger partial charge is 0.373 e. The van der Waals surface area contributed by atoms with Crippen LogP contribution in [0.15, 0.2) is 72.9 Å². The minimum absolute atomic E-state index is 0.00159. The van der Waals surface area contributed by atoms with Gasteiger partial charge in [0.2, 0.25) is 5.76 Å². The number of carbonyl (C=O) groups is 3. The highest BCUT2D eigenvalue weighted by Gasteiger charge is 2.36. The van der Waals surface area contributed by atoms with Gasteiger partial charge in [-0.25, -0.2) is 4.79 Å². The molecule has 0 spiro atoms. The number of esters is 1. The molecule has 34 heavy (non-hydrogen) atoms. The first-order chi connectivity index (χ1) is 16.3. The summed E-state index contributed by atoms with van der Waals surface area (Å²) in [5.74, 6) is -0.214. The van der Waals surface area contributed by atoms with Gasteiger partial charge in [-0.05, 0) is 65.9 Å². The Hall–Kier alpha value is -2.82. The van der Waals surface area contributed by atoms with E-state index < -0.39 is 17.1 Å². The predicted octanol–water partition coefficient (Wildman–Crippen LogP) is 6.41. The molecule has 1 fully saturated rings. The zero-order valence-electron chi connectivity index (χ0n) is 17.7. The zero-order chi connectivity index (χ0) is 24.2. The highest BCUT2D eigenvalue weighted by Crippen LogP contribution is 2.36. The van der Waals surface area contributed by atoms with Crippen LogP contribution in [-0.2, 0) is 22.7 Å². The first kappa shape index (κ1) is 24.3. The van der Waals surface area contributed by atoms with E-state index in [4.69, 9.17) is 9.15 Å². The minimum Gasteiger partial charge on any atom is -0.488 e. The van der Waals surface area contributed by atoms with Gasteiger partial charge in [0.25, 0.3) is 11.1 Å². The fraction of sp³-hybridized carbons (Fsp3) is 0.125. The van der Waals surface area contributed by atoms with Crippen molar-refractivity contribution in [1.29, 1.82) is 0 Å². The topological polar surface area (TPSA) is 86.0 Å². The van der Waals surface area contributed by atoms with Gasteiger partial charge in [0.1, 0.15) is 18.1 Å². The number of carbonyl (C=O) groups excluding carboxylic acids is 3. The molecular weight excluding hydrogens is 590 g/mol. The number of nitrogens with zero attached hydrogens (tertiary/aromatic N) is 1. The van der Waals surface area contributed by atoms with E-state index >= 15 is 0 Å². The highest BCUT2D eigenvalue weighted by molar-refractivity contribution is 9.10. The van der Waals surface area contributed by atoms with Crippen molar-refractivity contribution in [3.63, 3.8) is 0 Å². The summed E-state index contributed by atoms with van der Waals surface area (Å²) in [7, 11) is 1.24. The maximum Gasteiger partial charge on any atom is 0.373 e. The maximum atomic E-state index is 13.0. The molecule has 0 radical (unpaired) electrons. The molecule has 0 unspecified atom stereocenters. The van der Waals surface area contributed by atoms with E-state index in [1.165, 1.54) is 19.2 Å².